The second kappa shape index (κ2) is 8.80. The molecular weight excluding hydrogens is 340 g/mol. The molecule has 1 atom stereocenters. The van der Waals surface area contributed by atoms with Gasteiger partial charge in [0.1, 0.15) is 5.75 Å². The van der Waals surface area contributed by atoms with Gasteiger partial charge in [0.25, 0.3) is 5.91 Å². The smallest absolute Gasteiger partial charge is 0.254 e. The van der Waals surface area contributed by atoms with Crippen LogP contribution in [0, 0.1) is 0 Å². The molecule has 138 valence electrons. The number of anilines is 1. The Morgan fingerprint density at radius 1 is 1.04 bits per heavy atom. The van der Waals surface area contributed by atoms with Gasteiger partial charge in [-0.25, -0.2) is 9.97 Å². The number of amides is 1. The van der Waals surface area contributed by atoms with E-state index in [1.54, 1.807) is 7.11 Å². The molecule has 2 aromatic carbocycles. The van der Waals surface area contributed by atoms with Gasteiger partial charge in [0.2, 0.25) is 5.95 Å². The quantitative estimate of drug-likeness (QED) is 0.672. The summed E-state index contributed by atoms with van der Waals surface area (Å²) >= 11 is 0. The van der Waals surface area contributed by atoms with E-state index < -0.39 is 0 Å². The van der Waals surface area contributed by atoms with Crippen LogP contribution in [0.15, 0.2) is 67.0 Å². The van der Waals surface area contributed by atoms with E-state index in [1.807, 2.05) is 61.5 Å². The van der Waals surface area contributed by atoms with Crippen LogP contribution in [-0.4, -0.2) is 23.0 Å². The van der Waals surface area contributed by atoms with Crippen molar-refractivity contribution in [3.8, 4) is 5.75 Å². The predicted molar refractivity (Wildman–Crippen MR) is 105 cm³/mol. The minimum Gasteiger partial charge on any atom is -0.497 e. The highest BCUT2D eigenvalue weighted by Crippen LogP contribution is 2.13. The van der Waals surface area contributed by atoms with Crippen LogP contribution in [0.3, 0.4) is 0 Å². The average molecular weight is 362 g/mol. The molecule has 1 aromatic heterocycles. The zero-order chi connectivity index (χ0) is 19.1. The molecule has 0 bridgehead atoms. The van der Waals surface area contributed by atoms with E-state index in [4.69, 9.17) is 4.74 Å². The van der Waals surface area contributed by atoms with E-state index in [2.05, 4.69) is 20.6 Å². The molecular formula is C21H22N4O2. The molecule has 0 fully saturated rings. The van der Waals surface area contributed by atoms with Crippen LogP contribution in [-0.2, 0) is 6.54 Å². The van der Waals surface area contributed by atoms with E-state index in [0.29, 0.717) is 18.1 Å². The third kappa shape index (κ3) is 5.04. The van der Waals surface area contributed by atoms with Gasteiger partial charge in [-0.15, -0.1) is 0 Å². The van der Waals surface area contributed by atoms with Crippen molar-refractivity contribution < 1.29 is 9.53 Å². The first-order valence-electron chi connectivity index (χ1n) is 8.70. The van der Waals surface area contributed by atoms with Crippen molar-refractivity contribution in [2.45, 2.75) is 19.5 Å². The van der Waals surface area contributed by atoms with Gasteiger partial charge in [-0.05, 0) is 30.2 Å². The number of aromatic nitrogens is 2. The summed E-state index contributed by atoms with van der Waals surface area (Å²) in [5.74, 6) is 1.08. The first-order valence-corrected chi connectivity index (χ1v) is 8.70. The largest absolute Gasteiger partial charge is 0.497 e. The average Bonchev–Trinajstić information content (AvgIpc) is 2.73. The summed E-state index contributed by atoms with van der Waals surface area (Å²) < 4.78 is 5.14. The number of rotatable bonds is 7. The van der Waals surface area contributed by atoms with Crippen molar-refractivity contribution in [2.75, 3.05) is 12.4 Å². The lowest BCUT2D eigenvalue weighted by Gasteiger charge is -2.14. The molecule has 0 saturated heterocycles. The Balaban J connectivity index is 1.55. The third-order valence-electron chi connectivity index (χ3n) is 4.17. The maximum absolute atomic E-state index is 12.4. The fourth-order valence-corrected chi connectivity index (χ4v) is 2.57. The van der Waals surface area contributed by atoms with Gasteiger partial charge in [-0.3, -0.25) is 4.79 Å². The predicted octanol–water partition coefficient (Wildman–Crippen LogP) is 3.59. The van der Waals surface area contributed by atoms with Crippen molar-refractivity contribution >= 4 is 11.9 Å². The summed E-state index contributed by atoms with van der Waals surface area (Å²) in [5, 5.41) is 6.09. The van der Waals surface area contributed by atoms with Crippen LogP contribution >= 0.6 is 0 Å². The summed E-state index contributed by atoms with van der Waals surface area (Å²) in [6.45, 7) is 2.53. The lowest BCUT2D eigenvalue weighted by atomic mass is 10.1. The van der Waals surface area contributed by atoms with E-state index in [1.165, 1.54) is 12.4 Å². The number of ether oxygens (including phenoxy) is 1. The normalized spacial score (nSPS) is 11.5. The zero-order valence-electron chi connectivity index (χ0n) is 15.3. The highest BCUT2D eigenvalue weighted by atomic mass is 16.5. The lowest BCUT2D eigenvalue weighted by molar-refractivity contribution is 0.0939. The summed E-state index contributed by atoms with van der Waals surface area (Å²) in [4.78, 5) is 20.8. The van der Waals surface area contributed by atoms with Crippen molar-refractivity contribution in [1.82, 2.24) is 15.3 Å². The number of carbonyl (C=O) groups is 1. The number of nitrogens with one attached hydrogen (secondary N) is 2. The number of carbonyl (C=O) groups excluding carboxylic acids is 1. The molecule has 0 aliphatic carbocycles. The molecule has 0 aliphatic rings. The maximum atomic E-state index is 12.4. The Bertz CT molecular complexity index is 865. The van der Waals surface area contributed by atoms with Crippen LogP contribution in [0.5, 0.6) is 5.75 Å². The van der Waals surface area contributed by atoms with E-state index in [-0.39, 0.29) is 11.9 Å². The van der Waals surface area contributed by atoms with Crippen molar-refractivity contribution in [3.05, 3.63) is 83.7 Å². The van der Waals surface area contributed by atoms with Crippen LogP contribution in [0.1, 0.15) is 34.5 Å². The zero-order valence-corrected chi connectivity index (χ0v) is 15.3. The Hall–Kier alpha value is -3.41. The Morgan fingerprint density at radius 2 is 1.70 bits per heavy atom. The van der Waals surface area contributed by atoms with Crippen molar-refractivity contribution in [2.24, 2.45) is 0 Å². The Labute approximate surface area is 158 Å². The summed E-state index contributed by atoms with van der Waals surface area (Å²) in [7, 11) is 1.64. The number of hydrogen-bond donors (Lipinski definition) is 2. The SMILES string of the molecule is COc1ccc(CNc2ncc(C(=O)NC(C)c3ccccc3)cn2)cc1. The van der Waals surface area contributed by atoms with Gasteiger partial charge in [-0.1, -0.05) is 42.5 Å². The third-order valence-corrected chi connectivity index (χ3v) is 4.17. The fraction of sp³-hybridized carbons (Fsp3) is 0.190. The first kappa shape index (κ1) is 18.4. The summed E-state index contributed by atoms with van der Waals surface area (Å²) in [6.07, 6.45) is 3.05. The van der Waals surface area contributed by atoms with Crippen LogP contribution < -0.4 is 15.4 Å². The van der Waals surface area contributed by atoms with Crippen LogP contribution in [0.25, 0.3) is 0 Å². The number of nitrogens with zero attached hydrogens (tertiary/aromatic N) is 2. The highest BCUT2D eigenvalue weighted by molar-refractivity contribution is 5.93. The van der Waals surface area contributed by atoms with Crippen molar-refractivity contribution in [1.29, 1.82) is 0 Å². The lowest BCUT2D eigenvalue weighted by Crippen LogP contribution is -2.26. The molecule has 1 amide bonds. The number of benzene rings is 2. The number of methoxy groups -OCH3 is 1. The molecule has 0 saturated carbocycles. The van der Waals surface area contributed by atoms with E-state index in [9.17, 15) is 4.79 Å². The summed E-state index contributed by atoms with van der Waals surface area (Å²) in [5.41, 5.74) is 2.55. The molecule has 6 nitrogen and oxygen atoms in total. The highest BCUT2D eigenvalue weighted by Gasteiger charge is 2.12. The molecule has 3 aromatic rings. The van der Waals surface area contributed by atoms with Gasteiger partial charge in [0, 0.05) is 18.9 Å². The second-order valence-corrected chi connectivity index (χ2v) is 6.10. The molecule has 3 rings (SSSR count). The van der Waals surface area contributed by atoms with Crippen LogP contribution in [0.4, 0.5) is 5.95 Å². The molecule has 2 N–H and O–H groups in total. The molecule has 0 radical (unpaired) electrons. The van der Waals surface area contributed by atoms with Gasteiger partial charge in [0.05, 0.1) is 18.7 Å². The topological polar surface area (TPSA) is 76.1 Å². The van der Waals surface area contributed by atoms with Gasteiger partial charge >= 0.3 is 0 Å². The van der Waals surface area contributed by atoms with Crippen molar-refractivity contribution in [3.63, 3.8) is 0 Å². The van der Waals surface area contributed by atoms with Gasteiger partial charge < -0.3 is 15.4 Å². The minimum atomic E-state index is -0.201. The number of hydrogen-bond acceptors (Lipinski definition) is 5. The molecule has 6 heteroatoms. The van der Waals surface area contributed by atoms with E-state index >= 15 is 0 Å². The first-order chi connectivity index (χ1) is 13.2. The molecule has 0 spiro atoms. The maximum Gasteiger partial charge on any atom is 0.254 e. The Morgan fingerprint density at radius 3 is 2.33 bits per heavy atom. The molecule has 27 heavy (non-hydrogen) atoms. The second-order valence-electron chi connectivity index (χ2n) is 6.10. The molecule has 1 unspecified atom stereocenters. The fourth-order valence-electron chi connectivity index (χ4n) is 2.57. The molecule has 1 heterocycles. The summed E-state index contributed by atoms with van der Waals surface area (Å²) in [6, 6.07) is 17.5. The van der Waals surface area contributed by atoms with E-state index in [0.717, 1.165) is 16.9 Å². The van der Waals surface area contributed by atoms with Crippen LogP contribution in [0.2, 0.25) is 0 Å². The van der Waals surface area contributed by atoms with Gasteiger partial charge in [-0.2, -0.15) is 0 Å². The monoisotopic (exact) mass is 362 g/mol. The Kier molecular flexibility index (Phi) is 5.99. The molecule has 0 aliphatic heterocycles. The minimum absolute atomic E-state index is 0.0911. The van der Waals surface area contributed by atoms with Gasteiger partial charge in [0.15, 0.2) is 0 Å². The standard InChI is InChI=1S/C21H22N4O2/c1-15(17-6-4-3-5-7-17)25-20(26)18-13-23-21(24-14-18)22-12-16-8-10-19(27-2)11-9-16/h3-11,13-15H,12H2,1-2H3,(H,25,26)(H,22,23,24).